The number of hydrogen-bond acceptors (Lipinski definition) is 3. The van der Waals surface area contributed by atoms with Crippen LogP contribution in [0.25, 0.3) is 10.7 Å². The summed E-state index contributed by atoms with van der Waals surface area (Å²) in [5.74, 6) is 1.03. The SMILES string of the molecule is CCn1c(CN)cnc1-c1cccs1. The standard InChI is InChI=1S/C10H13N3S/c1-2-13-8(6-11)7-12-10(13)9-4-3-5-14-9/h3-5,7H,2,6,11H2,1H3. The minimum Gasteiger partial charge on any atom is -0.326 e. The lowest BCUT2D eigenvalue weighted by Gasteiger charge is -2.05. The van der Waals surface area contributed by atoms with Gasteiger partial charge in [0, 0.05) is 13.1 Å². The van der Waals surface area contributed by atoms with Crippen molar-refractivity contribution in [2.75, 3.05) is 0 Å². The normalized spacial score (nSPS) is 10.7. The van der Waals surface area contributed by atoms with Gasteiger partial charge in [0.1, 0.15) is 5.82 Å². The van der Waals surface area contributed by atoms with E-state index in [1.807, 2.05) is 12.3 Å². The topological polar surface area (TPSA) is 43.8 Å². The lowest BCUT2D eigenvalue weighted by molar-refractivity contribution is 0.721. The van der Waals surface area contributed by atoms with Gasteiger partial charge in [-0.05, 0) is 18.4 Å². The average Bonchev–Trinajstić information content (AvgIpc) is 2.85. The summed E-state index contributed by atoms with van der Waals surface area (Å²) in [6, 6.07) is 4.12. The third-order valence-corrected chi connectivity index (χ3v) is 3.07. The van der Waals surface area contributed by atoms with E-state index < -0.39 is 0 Å². The Kier molecular flexibility index (Phi) is 2.65. The molecule has 0 fully saturated rings. The van der Waals surface area contributed by atoms with Crippen LogP contribution >= 0.6 is 11.3 Å². The van der Waals surface area contributed by atoms with Crippen molar-refractivity contribution in [3.63, 3.8) is 0 Å². The Bertz CT molecular complexity index is 403. The van der Waals surface area contributed by atoms with E-state index in [2.05, 4.69) is 27.9 Å². The molecule has 0 aliphatic heterocycles. The molecular formula is C10H13N3S. The summed E-state index contributed by atoms with van der Waals surface area (Å²) in [6.45, 7) is 3.57. The summed E-state index contributed by atoms with van der Waals surface area (Å²) < 4.78 is 2.16. The fourth-order valence-electron chi connectivity index (χ4n) is 1.53. The molecular weight excluding hydrogens is 194 g/mol. The molecule has 2 rings (SSSR count). The highest BCUT2D eigenvalue weighted by molar-refractivity contribution is 7.13. The molecule has 0 radical (unpaired) electrons. The fourth-order valence-corrected chi connectivity index (χ4v) is 2.26. The minimum absolute atomic E-state index is 0.548. The van der Waals surface area contributed by atoms with Crippen molar-refractivity contribution in [1.82, 2.24) is 9.55 Å². The molecule has 74 valence electrons. The Hall–Kier alpha value is -1.13. The third kappa shape index (κ3) is 1.47. The molecule has 0 saturated carbocycles. The lowest BCUT2D eigenvalue weighted by Crippen LogP contribution is -2.06. The summed E-state index contributed by atoms with van der Waals surface area (Å²) in [4.78, 5) is 5.59. The highest BCUT2D eigenvalue weighted by Crippen LogP contribution is 2.24. The van der Waals surface area contributed by atoms with Crippen LogP contribution < -0.4 is 5.73 Å². The van der Waals surface area contributed by atoms with Crippen LogP contribution in [-0.2, 0) is 13.1 Å². The van der Waals surface area contributed by atoms with E-state index in [1.54, 1.807) is 11.3 Å². The molecule has 0 amide bonds. The van der Waals surface area contributed by atoms with Crippen molar-refractivity contribution in [2.24, 2.45) is 5.73 Å². The molecule has 4 heteroatoms. The average molecular weight is 207 g/mol. The smallest absolute Gasteiger partial charge is 0.150 e. The summed E-state index contributed by atoms with van der Waals surface area (Å²) in [5.41, 5.74) is 6.73. The van der Waals surface area contributed by atoms with Gasteiger partial charge >= 0.3 is 0 Å². The zero-order chi connectivity index (χ0) is 9.97. The van der Waals surface area contributed by atoms with Crippen LogP contribution in [0.1, 0.15) is 12.6 Å². The number of nitrogens with zero attached hydrogens (tertiary/aromatic N) is 2. The van der Waals surface area contributed by atoms with E-state index >= 15 is 0 Å². The number of imidazole rings is 1. The first-order valence-electron chi connectivity index (χ1n) is 4.65. The van der Waals surface area contributed by atoms with Crippen molar-refractivity contribution in [2.45, 2.75) is 20.0 Å². The Morgan fingerprint density at radius 2 is 2.43 bits per heavy atom. The molecule has 2 aromatic rings. The maximum absolute atomic E-state index is 5.64. The first kappa shape index (κ1) is 9.43. The molecule has 0 spiro atoms. The molecule has 0 aliphatic carbocycles. The predicted molar refractivity (Wildman–Crippen MR) is 59.1 cm³/mol. The van der Waals surface area contributed by atoms with Crippen LogP contribution in [0.15, 0.2) is 23.7 Å². The van der Waals surface area contributed by atoms with Crippen molar-refractivity contribution in [3.8, 4) is 10.7 Å². The van der Waals surface area contributed by atoms with Gasteiger partial charge in [-0.25, -0.2) is 4.98 Å². The molecule has 0 unspecified atom stereocenters. The van der Waals surface area contributed by atoms with Crippen LogP contribution in [-0.4, -0.2) is 9.55 Å². The van der Waals surface area contributed by atoms with Crippen molar-refractivity contribution < 1.29 is 0 Å². The van der Waals surface area contributed by atoms with E-state index in [9.17, 15) is 0 Å². The maximum Gasteiger partial charge on any atom is 0.150 e. The van der Waals surface area contributed by atoms with Crippen molar-refractivity contribution in [3.05, 3.63) is 29.4 Å². The van der Waals surface area contributed by atoms with Crippen LogP contribution in [0.2, 0.25) is 0 Å². The minimum atomic E-state index is 0.548. The van der Waals surface area contributed by atoms with Crippen LogP contribution in [0.5, 0.6) is 0 Å². The third-order valence-electron chi connectivity index (χ3n) is 2.21. The number of aromatic nitrogens is 2. The zero-order valence-electron chi connectivity index (χ0n) is 8.10. The van der Waals surface area contributed by atoms with E-state index in [1.165, 1.54) is 4.88 Å². The van der Waals surface area contributed by atoms with Gasteiger partial charge < -0.3 is 10.3 Å². The van der Waals surface area contributed by atoms with Gasteiger partial charge in [-0.1, -0.05) is 6.07 Å². The Morgan fingerprint density at radius 3 is 3.00 bits per heavy atom. The van der Waals surface area contributed by atoms with Gasteiger partial charge in [0.25, 0.3) is 0 Å². The largest absolute Gasteiger partial charge is 0.326 e. The second kappa shape index (κ2) is 3.94. The molecule has 2 N–H and O–H groups in total. The van der Waals surface area contributed by atoms with Crippen molar-refractivity contribution in [1.29, 1.82) is 0 Å². The van der Waals surface area contributed by atoms with Crippen LogP contribution in [0, 0.1) is 0 Å². The molecule has 0 saturated heterocycles. The highest BCUT2D eigenvalue weighted by Gasteiger charge is 2.09. The first-order valence-corrected chi connectivity index (χ1v) is 5.53. The van der Waals surface area contributed by atoms with Crippen LogP contribution in [0.3, 0.4) is 0 Å². The van der Waals surface area contributed by atoms with Gasteiger partial charge in [0.05, 0.1) is 16.8 Å². The number of nitrogens with two attached hydrogens (primary N) is 1. The molecule has 2 heterocycles. The Labute approximate surface area is 87.2 Å². The molecule has 14 heavy (non-hydrogen) atoms. The van der Waals surface area contributed by atoms with E-state index in [0.717, 1.165) is 18.1 Å². The second-order valence-corrected chi connectivity index (χ2v) is 3.95. The van der Waals surface area contributed by atoms with Gasteiger partial charge in [-0.3, -0.25) is 0 Å². The molecule has 0 aromatic carbocycles. The monoisotopic (exact) mass is 207 g/mol. The molecule has 0 atom stereocenters. The predicted octanol–water partition coefficient (Wildman–Crippen LogP) is 2.09. The van der Waals surface area contributed by atoms with Gasteiger partial charge in [0.2, 0.25) is 0 Å². The second-order valence-electron chi connectivity index (χ2n) is 3.00. The van der Waals surface area contributed by atoms with Crippen molar-refractivity contribution >= 4 is 11.3 Å². The quantitative estimate of drug-likeness (QED) is 0.837. The first-order chi connectivity index (χ1) is 6.86. The molecule has 3 nitrogen and oxygen atoms in total. The fraction of sp³-hybridized carbons (Fsp3) is 0.300. The van der Waals surface area contributed by atoms with E-state index in [4.69, 9.17) is 5.73 Å². The van der Waals surface area contributed by atoms with Gasteiger partial charge in [0.15, 0.2) is 0 Å². The van der Waals surface area contributed by atoms with Gasteiger partial charge in [-0.2, -0.15) is 0 Å². The number of hydrogen-bond donors (Lipinski definition) is 1. The summed E-state index contributed by atoms with van der Waals surface area (Å²) in [7, 11) is 0. The Balaban J connectivity index is 2.48. The zero-order valence-corrected chi connectivity index (χ0v) is 8.92. The van der Waals surface area contributed by atoms with E-state index in [0.29, 0.717) is 6.54 Å². The highest BCUT2D eigenvalue weighted by atomic mass is 32.1. The lowest BCUT2D eigenvalue weighted by atomic mass is 10.4. The number of thiophene rings is 1. The summed E-state index contributed by atoms with van der Waals surface area (Å²) in [5, 5.41) is 2.06. The van der Waals surface area contributed by atoms with E-state index in [-0.39, 0.29) is 0 Å². The van der Waals surface area contributed by atoms with Gasteiger partial charge in [-0.15, -0.1) is 11.3 Å². The maximum atomic E-state index is 5.64. The molecule has 0 aliphatic rings. The van der Waals surface area contributed by atoms with Crippen LogP contribution in [0.4, 0.5) is 0 Å². The number of rotatable bonds is 3. The summed E-state index contributed by atoms with van der Waals surface area (Å²) >= 11 is 1.71. The Morgan fingerprint density at radius 1 is 1.57 bits per heavy atom. The molecule has 0 bridgehead atoms. The summed E-state index contributed by atoms with van der Waals surface area (Å²) in [6.07, 6.45) is 1.86. The molecule has 2 aromatic heterocycles.